The normalized spacial score (nSPS) is 28.5. The fourth-order valence-electron chi connectivity index (χ4n) is 7.57. The van der Waals surface area contributed by atoms with Crippen molar-refractivity contribution in [2.45, 2.75) is 72.3 Å². The zero-order chi connectivity index (χ0) is 29.9. The summed E-state index contributed by atoms with van der Waals surface area (Å²) in [6, 6.07) is 6.04. The number of nitrogens with zero attached hydrogens (tertiary/aromatic N) is 3. The number of benzene rings is 1. The van der Waals surface area contributed by atoms with Crippen molar-refractivity contribution in [3.63, 3.8) is 0 Å². The fraction of sp³-hybridized carbons (Fsp3) is 0.576. The lowest BCUT2D eigenvalue weighted by molar-refractivity contribution is -0.384. The Morgan fingerprint density at radius 1 is 1.07 bits per heavy atom. The number of non-ortho nitro benzene ring substituents is 1. The molecule has 0 aromatic heterocycles. The summed E-state index contributed by atoms with van der Waals surface area (Å²) in [6.45, 7) is 15.2. The first-order valence-electron chi connectivity index (χ1n) is 14.9. The second kappa shape index (κ2) is 12.3. The monoisotopic (exact) mass is 563 g/mol. The number of nitro groups is 1. The fourth-order valence-corrected chi connectivity index (χ4v) is 7.57. The van der Waals surface area contributed by atoms with Gasteiger partial charge in [0, 0.05) is 50.5 Å². The van der Waals surface area contributed by atoms with Crippen LogP contribution in [0.15, 0.2) is 54.1 Å². The minimum atomic E-state index is -0.455. The Morgan fingerprint density at radius 3 is 2.29 bits per heavy atom. The molecule has 41 heavy (non-hydrogen) atoms. The van der Waals surface area contributed by atoms with Gasteiger partial charge in [-0.2, -0.15) is 0 Å². The van der Waals surface area contributed by atoms with Gasteiger partial charge >= 0.3 is 0 Å². The number of carbonyl (C=O) groups is 2. The van der Waals surface area contributed by atoms with Gasteiger partial charge in [-0.3, -0.25) is 19.7 Å². The predicted molar refractivity (Wildman–Crippen MR) is 161 cm³/mol. The van der Waals surface area contributed by atoms with E-state index in [1.165, 1.54) is 23.8 Å². The molecule has 1 aromatic rings. The molecule has 2 saturated carbocycles. The van der Waals surface area contributed by atoms with Crippen molar-refractivity contribution in [2.75, 3.05) is 26.2 Å². The first-order chi connectivity index (χ1) is 19.3. The Labute approximate surface area is 243 Å². The summed E-state index contributed by atoms with van der Waals surface area (Å²) in [6.07, 6.45) is 10.4. The topological polar surface area (TPSA) is 104 Å². The number of hydrogen-bond donors (Lipinski definition) is 1. The van der Waals surface area contributed by atoms with Gasteiger partial charge in [-0.05, 0) is 91.9 Å². The van der Waals surface area contributed by atoms with Crippen LogP contribution in [0.5, 0.6) is 0 Å². The van der Waals surface area contributed by atoms with Gasteiger partial charge in [-0.1, -0.05) is 38.5 Å². The van der Waals surface area contributed by atoms with Crippen LogP contribution < -0.4 is 0 Å². The number of aliphatic hydroxyl groups is 1. The molecule has 1 heterocycles. The Hall–Kier alpha value is -3.26. The van der Waals surface area contributed by atoms with Gasteiger partial charge < -0.3 is 14.9 Å². The van der Waals surface area contributed by atoms with Crippen molar-refractivity contribution in [1.82, 2.24) is 9.80 Å². The van der Waals surface area contributed by atoms with Crippen molar-refractivity contribution in [3.8, 4) is 0 Å². The third-order valence-electron chi connectivity index (χ3n) is 10.2. The van der Waals surface area contributed by atoms with E-state index in [2.05, 4.69) is 27.4 Å². The average molecular weight is 564 g/mol. The number of amides is 2. The lowest BCUT2D eigenvalue weighted by Crippen LogP contribution is -2.54. The molecule has 222 valence electrons. The molecule has 8 nitrogen and oxygen atoms in total. The Bertz CT molecular complexity index is 1230. The zero-order valence-corrected chi connectivity index (χ0v) is 25.0. The molecular formula is C33H45N3O5. The number of rotatable bonds is 7. The van der Waals surface area contributed by atoms with Crippen molar-refractivity contribution in [2.24, 2.45) is 22.7 Å². The first-order valence-corrected chi connectivity index (χ1v) is 14.9. The van der Waals surface area contributed by atoms with Crippen LogP contribution in [0, 0.1) is 32.8 Å². The number of aliphatic hydroxyl groups excluding tert-OH is 1. The zero-order valence-electron chi connectivity index (χ0n) is 25.0. The number of piperazine rings is 1. The van der Waals surface area contributed by atoms with Crippen LogP contribution in [-0.4, -0.2) is 63.9 Å². The van der Waals surface area contributed by atoms with E-state index in [1.54, 1.807) is 34.1 Å². The standard InChI is InChI=1S/C33H45N3O5/c1-23(6-13-27-24(2)7-14-28-32(3,4)29(37)16-17-33(27,28)5)22-31(39)35-20-18-34(19-21-35)30(38)15-10-25-8-11-26(12-9-25)36(40)41/h8-12,15,22,27-29,37H,2,6-7,13-14,16-21H2,1,3-5H3/b15-10+,23-22+/t27-,28-,29-,33+/m1/s1. The summed E-state index contributed by atoms with van der Waals surface area (Å²) < 4.78 is 0. The predicted octanol–water partition coefficient (Wildman–Crippen LogP) is 5.77. The molecule has 8 heteroatoms. The molecule has 3 aliphatic rings. The van der Waals surface area contributed by atoms with Crippen molar-refractivity contribution in [3.05, 3.63) is 69.8 Å². The highest BCUT2D eigenvalue weighted by Crippen LogP contribution is 2.61. The van der Waals surface area contributed by atoms with Gasteiger partial charge in [0.2, 0.25) is 11.8 Å². The maximum Gasteiger partial charge on any atom is 0.269 e. The van der Waals surface area contributed by atoms with Crippen LogP contribution in [0.25, 0.3) is 6.08 Å². The molecule has 1 aromatic carbocycles. The van der Waals surface area contributed by atoms with Crippen LogP contribution in [0.2, 0.25) is 0 Å². The summed E-state index contributed by atoms with van der Waals surface area (Å²) in [5, 5.41) is 21.5. The molecule has 4 atom stereocenters. The Kier molecular flexibility index (Phi) is 9.22. The summed E-state index contributed by atoms with van der Waals surface area (Å²) in [5.74, 6) is 0.702. The van der Waals surface area contributed by atoms with E-state index in [1.807, 2.05) is 6.92 Å². The molecule has 1 aliphatic heterocycles. The summed E-state index contributed by atoms with van der Waals surface area (Å²) in [4.78, 5) is 39.5. The third-order valence-corrected chi connectivity index (χ3v) is 10.2. The van der Waals surface area contributed by atoms with E-state index < -0.39 is 4.92 Å². The van der Waals surface area contributed by atoms with E-state index in [9.17, 15) is 24.8 Å². The summed E-state index contributed by atoms with van der Waals surface area (Å²) >= 11 is 0. The summed E-state index contributed by atoms with van der Waals surface area (Å²) in [7, 11) is 0. The van der Waals surface area contributed by atoms with Crippen molar-refractivity contribution < 1.29 is 19.6 Å². The van der Waals surface area contributed by atoms with Gasteiger partial charge in [-0.15, -0.1) is 0 Å². The highest BCUT2D eigenvalue weighted by molar-refractivity contribution is 5.92. The number of nitro benzene ring substituents is 1. The number of hydrogen-bond acceptors (Lipinski definition) is 5. The Balaban J connectivity index is 1.28. The van der Waals surface area contributed by atoms with Gasteiger partial charge in [-0.25, -0.2) is 0 Å². The minimum Gasteiger partial charge on any atom is -0.393 e. The van der Waals surface area contributed by atoms with E-state index in [4.69, 9.17) is 0 Å². The van der Waals surface area contributed by atoms with Crippen molar-refractivity contribution >= 4 is 23.6 Å². The first kappa shape index (κ1) is 30.7. The van der Waals surface area contributed by atoms with Crippen molar-refractivity contribution in [1.29, 1.82) is 0 Å². The minimum absolute atomic E-state index is 0.00918. The molecule has 0 spiro atoms. The Morgan fingerprint density at radius 2 is 1.68 bits per heavy atom. The van der Waals surface area contributed by atoms with Crippen LogP contribution in [0.1, 0.15) is 71.8 Å². The van der Waals surface area contributed by atoms with E-state index in [-0.39, 0.29) is 34.4 Å². The lowest BCUT2D eigenvalue weighted by atomic mass is 9.46. The molecule has 0 unspecified atom stereocenters. The van der Waals surface area contributed by atoms with Gasteiger partial charge in [0.25, 0.3) is 5.69 Å². The highest BCUT2D eigenvalue weighted by Gasteiger charge is 2.55. The number of allylic oxidation sites excluding steroid dienone is 2. The number of carbonyl (C=O) groups excluding carboxylic acids is 2. The highest BCUT2D eigenvalue weighted by atomic mass is 16.6. The van der Waals surface area contributed by atoms with Crippen LogP contribution >= 0.6 is 0 Å². The molecule has 1 saturated heterocycles. The second-order valence-corrected chi connectivity index (χ2v) is 13.0. The van der Waals surface area contributed by atoms with Gasteiger partial charge in [0.15, 0.2) is 0 Å². The van der Waals surface area contributed by atoms with Gasteiger partial charge in [0.1, 0.15) is 0 Å². The smallest absolute Gasteiger partial charge is 0.269 e. The third kappa shape index (κ3) is 6.64. The molecule has 0 radical (unpaired) electrons. The average Bonchev–Trinajstić information content (AvgIpc) is 2.93. The lowest BCUT2D eigenvalue weighted by Gasteiger charge is -2.59. The largest absolute Gasteiger partial charge is 0.393 e. The van der Waals surface area contributed by atoms with E-state index >= 15 is 0 Å². The molecule has 0 bridgehead atoms. The van der Waals surface area contributed by atoms with E-state index in [0.29, 0.717) is 43.6 Å². The molecule has 2 aliphatic carbocycles. The number of fused-ring (bicyclic) bond motifs is 1. The maximum atomic E-state index is 13.0. The SMILES string of the molecule is C=C1CC[C@@H]2C(C)(C)[C@H](O)CC[C@@]2(C)[C@@H]1CC/C(C)=C/C(=O)N1CCN(C(=O)/C=C/c2ccc([N+](=O)[O-])cc2)CC1. The maximum absolute atomic E-state index is 13.0. The van der Waals surface area contributed by atoms with Crippen LogP contribution in [0.3, 0.4) is 0 Å². The molecule has 1 N–H and O–H groups in total. The molecule has 3 fully saturated rings. The van der Waals surface area contributed by atoms with E-state index in [0.717, 1.165) is 44.1 Å². The molecule has 4 rings (SSSR count). The van der Waals surface area contributed by atoms with Crippen LogP contribution in [0.4, 0.5) is 5.69 Å². The van der Waals surface area contributed by atoms with Gasteiger partial charge in [0.05, 0.1) is 11.0 Å². The quantitative estimate of drug-likeness (QED) is 0.196. The molecular weight excluding hydrogens is 518 g/mol. The second-order valence-electron chi connectivity index (χ2n) is 13.0. The molecule has 2 amide bonds. The summed E-state index contributed by atoms with van der Waals surface area (Å²) in [5.41, 5.74) is 3.13. The van der Waals surface area contributed by atoms with Crippen LogP contribution in [-0.2, 0) is 9.59 Å².